The summed E-state index contributed by atoms with van der Waals surface area (Å²) in [6, 6.07) is 0. The van der Waals surface area contributed by atoms with E-state index < -0.39 is 0 Å². The number of anilines is 1. The number of hydrogen-bond donors (Lipinski definition) is 1. The molecule has 0 spiro atoms. The van der Waals surface area contributed by atoms with Crippen LogP contribution in [0.2, 0.25) is 0 Å². The molecule has 1 aromatic heterocycles. The maximum absolute atomic E-state index is 6.18. The van der Waals surface area contributed by atoms with Crippen molar-refractivity contribution in [3.05, 3.63) is 10.7 Å². The van der Waals surface area contributed by atoms with Gasteiger partial charge in [0, 0.05) is 5.92 Å². The fraction of sp³-hybridized carbons (Fsp3) is 0.800. The third kappa shape index (κ3) is 2.71. The lowest BCUT2D eigenvalue weighted by molar-refractivity contribution is 0.355. The fourth-order valence-corrected chi connectivity index (χ4v) is 4.57. The van der Waals surface area contributed by atoms with E-state index in [-0.39, 0.29) is 0 Å². The Bertz CT molecular complexity index is 387. The highest BCUT2D eigenvalue weighted by Gasteiger charge is 2.23. The summed E-state index contributed by atoms with van der Waals surface area (Å²) < 4.78 is 0. The van der Waals surface area contributed by atoms with Gasteiger partial charge in [-0.1, -0.05) is 44.9 Å². The molecule has 0 saturated heterocycles. The zero-order chi connectivity index (χ0) is 12.4. The summed E-state index contributed by atoms with van der Waals surface area (Å²) >= 11 is 1.77. The van der Waals surface area contributed by atoms with E-state index in [9.17, 15) is 0 Å². The van der Waals surface area contributed by atoms with Crippen LogP contribution in [0.5, 0.6) is 0 Å². The minimum Gasteiger partial charge on any atom is -0.389 e. The highest BCUT2D eigenvalue weighted by Crippen LogP contribution is 2.39. The molecule has 0 bridgehead atoms. The van der Waals surface area contributed by atoms with Gasteiger partial charge in [0.1, 0.15) is 5.00 Å². The lowest BCUT2D eigenvalue weighted by Gasteiger charge is -2.20. The van der Waals surface area contributed by atoms with Gasteiger partial charge in [0.05, 0.1) is 10.7 Å². The summed E-state index contributed by atoms with van der Waals surface area (Å²) in [5.74, 6) is 1.57. The maximum Gasteiger partial charge on any atom is 0.109 e. The van der Waals surface area contributed by atoms with Gasteiger partial charge in [0.15, 0.2) is 0 Å². The molecule has 0 unspecified atom stereocenters. The Balaban J connectivity index is 1.67. The molecule has 3 rings (SSSR count). The molecule has 1 heterocycles. The van der Waals surface area contributed by atoms with Gasteiger partial charge < -0.3 is 5.73 Å². The molecule has 2 aliphatic rings. The topological polar surface area (TPSA) is 38.9 Å². The van der Waals surface area contributed by atoms with Crippen molar-refractivity contribution in [2.75, 3.05) is 5.73 Å². The van der Waals surface area contributed by atoms with E-state index in [0.717, 1.165) is 23.3 Å². The lowest BCUT2D eigenvalue weighted by Crippen LogP contribution is -2.10. The highest BCUT2D eigenvalue weighted by molar-refractivity contribution is 7.15. The van der Waals surface area contributed by atoms with Gasteiger partial charge in [-0.25, -0.2) is 4.98 Å². The first-order valence-electron chi connectivity index (χ1n) is 7.58. The summed E-state index contributed by atoms with van der Waals surface area (Å²) in [6.45, 7) is 0. The molecule has 0 amide bonds. The monoisotopic (exact) mass is 264 g/mol. The first-order chi connectivity index (χ1) is 8.83. The summed E-state index contributed by atoms with van der Waals surface area (Å²) in [4.78, 5) is 4.88. The molecule has 18 heavy (non-hydrogen) atoms. The molecule has 2 aliphatic carbocycles. The van der Waals surface area contributed by atoms with E-state index in [1.54, 1.807) is 11.3 Å². The molecule has 3 heteroatoms. The Labute approximate surface area is 114 Å². The van der Waals surface area contributed by atoms with Crippen molar-refractivity contribution in [3.63, 3.8) is 0 Å². The van der Waals surface area contributed by atoms with Crippen LogP contribution in [-0.2, 0) is 6.42 Å². The fourth-order valence-electron chi connectivity index (χ4n) is 3.54. The standard InChI is InChI=1S/C15H24N2S/c16-14-13(10-11-6-2-1-3-7-11)17-15(18-14)12-8-4-5-9-12/h11-12H,1-10,16H2. The summed E-state index contributed by atoms with van der Waals surface area (Å²) in [5.41, 5.74) is 7.40. The Morgan fingerprint density at radius 3 is 2.39 bits per heavy atom. The third-order valence-corrected chi connectivity index (χ3v) is 5.74. The molecule has 0 aliphatic heterocycles. The van der Waals surface area contributed by atoms with Crippen LogP contribution in [-0.4, -0.2) is 4.98 Å². The van der Waals surface area contributed by atoms with Gasteiger partial charge >= 0.3 is 0 Å². The van der Waals surface area contributed by atoms with Gasteiger partial charge in [0.25, 0.3) is 0 Å². The summed E-state index contributed by atoms with van der Waals surface area (Å²) in [6.07, 6.45) is 13.6. The van der Waals surface area contributed by atoms with Crippen molar-refractivity contribution in [2.24, 2.45) is 5.92 Å². The van der Waals surface area contributed by atoms with Gasteiger partial charge in [-0.15, -0.1) is 11.3 Å². The molecule has 0 atom stereocenters. The number of thiazole rings is 1. The number of aromatic nitrogens is 1. The van der Waals surface area contributed by atoms with Crippen LogP contribution in [0.1, 0.15) is 74.4 Å². The van der Waals surface area contributed by atoms with E-state index in [1.807, 2.05) is 0 Å². The largest absolute Gasteiger partial charge is 0.389 e. The molecule has 100 valence electrons. The first-order valence-corrected chi connectivity index (χ1v) is 8.39. The van der Waals surface area contributed by atoms with Crippen LogP contribution in [0, 0.1) is 5.92 Å². The quantitative estimate of drug-likeness (QED) is 0.872. The summed E-state index contributed by atoms with van der Waals surface area (Å²) in [5, 5.41) is 2.33. The van der Waals surface area contributed by atoms with Gasteiger partial charge in [-0.05, 0) is 25.2 Å². The molecule has 0 radical (unpaired) electrons. The Morgan fingerprint density at radius 2 is 1.67 bits per heavy atom. The first kappa shape index (κ1) is 12.5. The van der Waals surface area contributed by atoms with Gasteiger partial charge in [-0.3, -0.25) is 0 Å². The van der Waals surface area contributed by atoms with Crippen molar-refractivity contribution in [2.45, 2.75) is 70.1 Å². The minimum atomic E-state index is 0.720. The number of rotatable bonds is 3. The van der Waals surface area contributed by atoms with E-state index in [2.05, 4.69) is 0 Å². The van der Waals surface area contributed by atoms with Crippen LogP contribution in [0.4, 0.5) is 5.00 Å². The molecule has 2 saturated carbocycles. The number of hydrogen-bond acceptors (Lipinski definition) is 3. The molecule has 0 aromatic carbocycles. The van der Waals surface area contributed by atoms with Gasteiger partial charge in [0.2, 0.25) is 0 Å². The van der Waals surface area contributed by atoms with Crippen LogP contribution in [0.25, 0.3) is 0 Å². The Hall–Kier alpha value is -0.570. The summed E-state index contributed by atoms with van der Waals surface area (Å²) in [7, 11) is 0. The number of nitrogens with zero attached hydrogens (tertiary/aromatic N) is 1. The van der Waals surface area contributed by atoms with Crippen LogP contribution < -0.4 is 5.73 Å². The molecule has 2 nitrogen and oxygen atoms in total. The van der Waals surface area contributed by atoms with Crippen molar-refractivity contribution >= 4 is 16.3 Å². The van der Waals surface area contributed by atoms with E-state index in [1.165, 1.54) is 68.5 Å². The molecule has 2 N–H and O–H groups in total. The Morgan fingerprint density at radius 1 is 1.00 bits per heavy atom. The van der Waals surface area contributed by atoms with Crippen molar-refractivity contribution < 1.29 is 0 Å². The maximum atomic E-state index is 6.18. The normalized spacial score (nSPS) is 22.7. The van der Waals surface area contributed by atoms with Crippen LogP contribution in [0.15, 0.2) is 0 Å². The van der Waals surface area contributed by atoms with Crippen molar-refractivity contribution in [1.82, 2.24) is 4.98 Å². The molecular formula is C15H24N2S. The average molecular weight is 264 g/mol. The van der Waals surface area contributed by atoms with Crippen molar-refractivity contribution in [1.29, 1.82) is 0 Å². The lowest BCUT2D eigenvalue weighted by atomic mass is 9.86. The second kappa shape index (κ2) is 5.60. The van der Waals surface area contributed by atoms with E-state index in [0.29, 0.717) is 0 Å². The smallest absolute Gasteiger partial charge is 0.109 e. The SMILES string of the molecule is Nc1sc(C2CCCC2)nc1CC1CCCCC1. The number of nitrogens with two attached hydrogens (primary N) is 1. The minimum absolute atomic E-state index is 0.720. The highest BCUT2D eigenvalue weighted by atomic mass is 32.1. The number of nitrogen functional groups attached to an aromatic ring is 1. The molecule has 2 fully saturated rings. The van der Waals surface area contributed by atoms with Crippen LogP contribution in [0.3, 0.4) is 0 Å². The predicted octanol–water partition coefficient (Wildman–Crippen LogP) is 4.51. The Kier molecular flexibility index (Phi) is 3.88. The second-order valence-corrected chi connectivity index (χ2v) is 7.11. The molecule has 1 aromatic rings. The second-order valence-electron chi connectivity index (χ2n) is 6.05. The zero-order valence-electron chi connectivity index (χ0n) is 11.2. The van der Waals surface area contributed by atoms with Crippen molar-refractivity contribution in [3.8, 4) is 0 Å². The molecular weight excluding hydrogens is 240 g/mol. The van der Waals surface area contributed by atoms with E-state index >= 15 is 0 Å². The zero-order valence-corrected chi connectivity index (χ0v) is 12.0. The third-order valence-electron chi connectivity index (χ3n) is 4.66. The van der Waals surface area contributed by atoms with Crippen LogP contribution >= 0.6 is 11.3 Å². The van der Waals surface area contributed by atoms with Gasteiger partial charge in [-0.2, -0.15) is 0 Å². The average Bonchev–Trinajstić information content (AvgIpc) is 3.01. The van der Waals surface area contributed by atoms with E-state index in [4.69, 9.17) is 10.7 Å². The predicted molar refractivity (Wildman–Crippen MR) is 78.0 cm³/mol.